The van der Waals surface area contributed by atoms with Crippen molar-refractivity contribution in [2.75, 3.05) is 0 Å². The molecule has 0 aliphatic carbocycles. The van der Waals surface area contributed by atoms with Gasteiger partial charge in [0.25, 0.3) is 0 Å². The quantitative estimate of drug-likeness (QED) is 0.571. The molecular weight excluding hydrogens is 160 g/mol. The summed E-state index contributed by atoms with van der Waals surface area (Å²) < 4.78 is 2.92. The number of ketones is 1. The van der Waals surface area contributed by atoms with Crippen LogP contribution in [0.4, 0.5) is 0 Å². The Labute approximate surface area is 68.0 Å². The van der Waals surface area contributed by atoms with E-state index in [0.29, 0.717) is 5.69 Å². The second kappa shape index (κ2) is 2.47. The van der Waals surface area contributed by atoms with E-state index in [1.807, 2.05) is 6.07 Å². The number of hydrogen-bond donors (Lipinski definition) is 2. The number of aromatic amines is 1. The maximum atomic E-state index is 11.2. The summed E-state index contributed by atoms with van der Waals surface area (Å²) in [6.07, 6.45) is 4.91. The van der Waals surface area contributed by atoms with E-state index in [2.05, 4.69) is 9.71 Å². The molecule has 56 valence electrons. The Hall–Kier alpha value is -1.16. The Bertz CT molecular complexity index is 316. The van der Waals surface area contributed by atoms with Crippen LogP contribution in [-0.2, 0) is 0 Å². The highest BCUT2D eigenvalue weighted by atomic mass is 32.2. The van der Waals surface area contributed by atoms with Gasteiger partial charge in [-0.2, -0.15) is 0 Å². The lowest BCUT2D eigenvalue weighted by Gasteiger charge is -1.93. The van der Waals surface area contributed by atoms with Gasteiger partial charge in [0.1, 0.15) is 5.69 Å². The molecule has 4 heteroatoms. The van der Waals surface area contributed by atoms with Crippen LogP contribution in [0.2, 0.25) is 0 Å². The Morgan fingerprint density at radius 3 is 3.27 bits per heavy atom. The third kappa shape index (κ3) is 1.05. The monoisotopic (exact) mass is 166 g/mol. The number of carbonyl (C=O) groups excluding carboxylic acids is 1. The SMILES string of the molecule is O=C1C=CNSc2cc[nH]c21. The smallest absolute Gasteiger partial charge is 0.204 e. The first-order valence-corrected chi connectivity index (χ1v) is 4.00. The van der Waals surface area contributed by atoms with E-state index in [0.717, 1.165) is 4.90 Å². The summed E-state index contributed by atoms with van der Waals surface area (Å²) in [5.41, 5.74) is 0.663. The third-order valence-electron chi connectivity index (χ3n) is 1.43. The fourth-order valence-corrected chi connectivity index (χ4v) is 1.58. The molecule has 2 heterocycles. The molecule has 0 saturated carbocycles. The van der Waals surface area contributed by atoms with Gasteiger partial charge >= 0.3 is 0 Å². The van der Waals surface area contributed by atoms with Gasteiger partial charge < -0.3 is 9.71 Å². The Kier molecular flexibility index (Phi) is 1.47. The zero-order chi connectivity index (χ0) is 7.68. The van der Waals surface area contributed by atoms with E-state index in [9.17, 15) is 4.79 Å². The zero-order valence-electron chi connectivity index (χ0n) is 5.63. The fraction of sp³-hybridized carbons (Fsp3) is 0. The highest BCUT2D eigenvalue weighted by Gasteiger charge is 2.12. The molecule has 0 saturated heterocycles. The summed E-state index contributed by atoms with van der Waals surface area (Å²) in [5.74, 6) is 0.0162. The van der Waals surface area contributed by atoms with Crippen molar-refractivity contribution in [3.05, 3.63) is 30.2 Å². The first kappa shape index (κ1) is 6.54. The minimum Gasteiger partial charge on any atom is -0.358 e. The van der Waals surface area contributed by atoms with Crippen molar-refractivity contribution in [1.29, 1.82) is 0 Å². The van der Waals surface area contributed by atoms with E-state index < -0.39 is 0 Å². The lowest BCUT2D eigenvalue weighted by molar-refractivity contribution is 0.104. The third-order valence-corrected chi connectivity index (χ3v) is 2.24. The average molecular weight is 166 g/mol. The van der Waals surface area contributed by atoms with Crippen molar-refractivity contribution in [3.8, 4) is 0 Å². The van der Waals surface area contributed by atoms with Crippen molar-refractivity contribution in [2.24, 2.45) is 0 Å². The molecule has 0 atom stereocenters. The number of allylic oxidation sites excluding steroid dienone is 1. The highest BCUT2D eigenvalue weighted by Crippen LogP contribution is 2.21. The van der Waals surface area contributed by atoms with Crippen molar-refractivity contribution < 1.29 is 4.79 Å². The number of fused-ring (bicyclic) bond motifs is 1. The highest BCUT2D eigenvalue weighted by molar-refractivity contribution is 7.97. The molecule has 0 bridgehead atoms. The van der Waals surface area contributed by atoms with Crippen LogP contribution in [-0.4, -0.2) is 10.8 Å². The normalized spacial score (nSPS) is 15.5. The lowest BCUT2D eigenvalue weighted by Crippen LogP contribution is -1.93. The molecule has 0 amide bonds. The summed E-state index contributed by atoms with van der Waals surface area (Å²) in [5, 5.41) is 0. The van der Waals surface area contributed by atoms with Crippen LogP contribution >= 0.6 is 11.9 Å². The standard InChI is InChI=1S/C7H6N2OS/c10-5-1-4-9-11-6-2-3-8-7(5)6/h1-4,8-9H. The Balaban J connectivity index is 2.51. The molecule has 0 aromatic carbocycles. The second-order valence-corrected chi connectivity index (χ2v) is 3.01. The van der Waals surface area contributed by atoms with Crippen molar-refractivity contribution >= 4 is 17.7 Å². The van der Waals surface area contributed by atoms with Crippen LogP contribution in [0.25, 0.3) is 0 Å². The number of carbonyl (C=O) groups is 1. The molecule has 0 unspecified atom stereocenters. The van der Waals surface area contributed by atoms with Gasteiger partial charge in [0.05, 0.1) is 4.90 Å². The molecular formula is C7H6N2OS. The first-order valence-electron chi connectivity index (χ1n) is 3.18. The predicted molar refractivity (Wildman–Crippen MR) is 43.3 cm³/mol. The molecule has 0 fully saturated rings. The number of hydrogen-bond acceptors (Lipinski definition) is 3. The topological polar surface area (TPSA) is 44.9 Å². The van der Waals surface area contributed by atoms with E-state index in [1.165, 1.54) is 18.0 Å². The molecule has 2 N–H and O–H groups in total. The minimum absolute atomic E-state index is 0.0162. The number of H-pyrrole nitrogens is 1. The second-order valence-electron chi connectivity index (χ2n) is 2.13. The molecule has 1 aliphatic rings. The predicted octanol–water partition coefficient (Wildman–Crippen LogP) is 1.32. The van der Waals surface area contributed by atoms with Gasteiger partial charge in [-0.15, -0.1) is 0 Å². The van der Waals surface area contributed by atoms with Crippen LogP contribution in [0.3, 0.4) is 0 Å². The van der Waals surface area contributed by atoms with E-state index in [-0.39, 0.29) is 5.78 Å². The molecule has 2 rings (SSSR count). The van der Waals surface area contributed by atoms with Gasteiger partial charge in [0.15, 0.2) is 0 Å². The average Bonchev–Trinajstić information content (AvgIpc) is 2.40. The van der Waals surface area contributed by atoms with E-state index >= 15 is 0 Å². The van der Waals surface area contributed by atoms with Crippen LogP contribution in [0, 0.1) is 0 Å². The summed E-state index contributed by atoms with van der Waals surface area (Å²) in [6, 6.07) is 1.87. The fourth-order valence-electron chi connectivity index (χ4n) is 0.923. The first-order chi connectivity index (χ1) is 5.38. The summed E-state index contributed by atoms with van der Waals surface area (Å²) in [6.45, 7) is 0. The van der Waals surface area contributed by atoms with Gasteiger partial charge in [-0.05, 0) is 18.0 Å². The zero-order valence-corrected chi connectivity index (χ0v) is 6.44. The molecule has 1 aromatic heterocycles. The lowest BCUT2D eigenvalue weighted by atomic mass is 10.3. The van der Waals surface area contributed by atoms with E-state index in [1.54, 1.807) is 12.4 Å². The van der Waals surface area contributed by atoms with Crippen molar-refractivity contribution in [2.45, 2.75) is 4.90 Å². The van der Waals surface area contributed by atoms with Gasteiger partial charge in [-0.1, -0.05) is 0 Å². The minimum atomic E-state index is 0.0162. The van der Waals surface area contributed by atoms with Gasteiger partial charge in [-0.3, -0.25) is 4.79 Å². The Morgan fingerprint density at radius 2 is 2.36 bits per heavy atom. The van der Waals surface area contributed by atoms with Gasteiger partial charge in [0, 0.05) is 18.5 Å². The molecule has 0 radical (unpaired) electrons. The van der Waals surface area contributed by atoms with E-state index in [4.69, 9.17) is 0 Å². The van der Waals surface area contributed by atoms with Crippen LogP contribution in [0.15, 0.2) is 29.4 Å². The molecule has 1 aliphatic heterocycles. The molecule has 0 spiro atoms. The van der Waals surface area contributed by atoms with Gasteiger partial charge in [-0.25, -0.2) is 0 Å². The maximum absolute atomic E-state index is 11.2. The van der Waals surface area contributed by atoms with Crippen molar-refractivity contribution in [1.82, 2.24) is 9.71 Å². The van der Waals surface area contributed by atoms with Crippen LogP contribution < -0.4 is 4.72 Å². The summed E-state index contributed by atoms with van der Waals surface area (Å²) >= 11 is 1.43. The number of aromatic nitrogens is 1. The summed E-state index contributed by atoms with van der Waals surface area (Å²) in [7, 11) is 0. The maximum Gasteiger partial charge on any atom is 0.204 e. The van der Waals surface area contributed by atoms with Crippen LogP contribution in [0.5, 0.6) is 0 Å². The van der Waals surface area contributed by atoms with Crippen molar-refractivity contribution in [3.63, 3.8) is 0 Å². The molecule has 1 aromatic rings. The van der Waals surface area contributed by atoms with Gasteiger partial charge in [0.2, 0.25) is 5.78 Å². The largest absolute Gasteiger partial charge is 0.358 e. The molecule has 3 nitrogen and oxygen atoms in total. The number of nitrogens with one attached hydrogen (secondary N) is 2. The molecule has 11 heavy (non-hydrogen) atoms. The summed E-state index contributed by atoms with van der Waals surface area (Å²) in [4.78, 5) is 15.0. The number of rotatable bonds is 0. The Morgan fingerprint density at radius 1 is 1.45 bits per heavy atom. The van der Waals surface area contributed by atoms with Crippen LogP contribution in [0.1, 0.15) is 10.5 Å².